The first kappa shape index (κ1) is 26.6. The van der Waals surface area contributed by atoms with Crippen LogP contribution in [0.5, 0.6) is 11.5 Å². The maximum atomic E-state index is 5.52. The molecule has 0 N–H and O–H groups in total. The summed E-state index contributed by atoms with van der Waals surface area (Å²) in [4.78, 5) is 0. The minimum absolute atomic E-state index is 0. The van der Waals surface area contributed by atoms with Crippen molar-refractivity contribution in [1.82, 2.24) is 0 Å². The van der Waals surface area contributed by atoms with Crippen LogP contribution in [0.3, 0.4) is 0 Å². The summed E-state index contributed by atoms with van der Waals surface area (Å²) in [5.74, 6) is 1.58. The van der Waals surface area contributed by atoms with Crippen molar-refractivity contribution in [3.63, 3.8) is 0 Å². The van der Waals surface area contributed by atoms with Crippen LogP contribution in [0.1, 0.15) is 7.43 Å². The molecule has 0 unspecified atom stereocenters. The van der Waals surface area contributed by atoms with Crippen LogP contribution in [-0.2, 0) is 21.7 Å². The molecule has 0 spiro atoms. The maximum Gasteiger partial charge on any atom is 4.00 e. The molecule has 3 aromatic rings. The quantitative estimate of drug-likeness (QED) is 0.426. The average molecular weight is 381 g/mol. The predicted molar refractivity (Wildman–Crippen MR) is 83.8 cm³/mol. The van der Waals surface area contributed by atoms with Crippen molar-refractivity contribution < 1.29 is 51.3 Å². The van der Waals surface area contributed by atoms with E-state index in [-0.39, 0.29) is 54.0 Å². The second kappa shape index (κ2) is 17.1. The molecule has 0 saturated carbocycles. The molecule has 0 atom stereocenters. The second-order valence-electron chi connectivity index (χ2n) is 3.72. The molecule has 4 heteroatoms. The van der Waals surface area contributed by atoms with Crippen molar-refractivity contribution in [2.45, 2.75) is 7.43 Å². The van der Waals surface area contributed by atoms with Gasteiger partial charge in [0, 0.05) is 5.75 Å². The van der Waals surface area contributed by atoms with Gasteiger partial charge < -0.3 is 29.6 Å². The minimum atomic E-state index is 0. The van der Waals surface area contributed by atoms with Gasteiger partial charge in [0.15, 0.2) is 0 Å². The van der Waals surface area contributed by atoms with Gasteiger partial charge in [0.2, 0.25) is 0 Å². The standard InChI is InChI=1S/C12H9O.C6H5.CH4.2ClH.Ti/c1-3-7-11(8-4-1)13-12-9-5-2-6-10-12;1-2-4-6-5-3-1;;;;/h1-9H;1-5H;1H4;2*1H;/q2*-1;;;;+4/p-2. The van der Waals surface area contributed by atoms with Crippen LogP contribution in [-0.4, -0.2) is 0 Å². The molecule has 0 fully saturated rings. The van der Waals surface area contributed by atoms with E-state index in [2.05, 4.69) is 12.1 Å². The zero-order valence-corrected chi connectivity index (χ0v) is 14.8. The molecule has 0 aliphatic carbocycles. The summed E-state index contributed by atoms with van der Waals surface area (Å²) < 4.78 is 5.52. The van der Waals surface area contributed by atoms with Gasteiger partial charge >= 0.3 is 21.7 Å². The van der Waals surface area contributed by atoms with Crippen molar-refractivity contribution in [3.05, 3.63) is 97.1 Å². The van der Waals surface area contributed by atoms with Gasteiger partial charge in [-0.05, 0) is 12.1 Å². The summed E-state index contributed by atoms with van der Waals surface area (Å²) >= 11 is 0. The van der Waals surface area contributed by atoms with Crippen LogP contribution in [0, 0.1) is 12.1 Å². The molecular formula is C19H18Cl2OTi. The summed E-state index contributed by atoms with van der Waals surface area (Å²) in [5.41, 5.74) is 0. The number of hydrogen-bond donors (Lipinski definition) is 0. The zero-order valence-electron chi connectivity index (χ0n) is 11.7. The molecule has 3 aromatic carbocycles. The Kier molecular flexibility index (Phi) is 19.8. The van der Waals surface area contributed by atoms with E-state index in [1.807, 2.05) is 84.9 Å². The Morgan fingerprint density at radius 3 is 1.61 bits per heavy atom. The van der Waals surface area contributed by atoms with Crippen LogP contribution < -0.4 is 29.6 Å². The van der Waals surface area contributed by atoms with E-state index in [4.69, 9.17) is 4.74 Å². The van der Waals surface area contributed by atoms with Gasteiger partial charge in [0.1, 0.15) is 5.75 Å². The third kappa shape index (κ3) is 11.9. The molecule has 0 amide bonds. The Hall–Kier alpha value is -1.25. The summed E-state index contributed by atoms with van der Waals surface area (Å²) in [7, 11) is 0. The van der Waals surface area contributed by atoms with Crippen LogP contribution in [0.2, 0.25) is 0 Å². The summed E-state index contributed by atoms with van der Waals surface area (Å²) in [6.45, 7) is 0. The van der Waals surface area contributed by atoms with Crippen molar-refractivity contribution >= 4 is 0 Å². The smallest absolute Gasteiger partial charge is 1.00 e. The number of rotatable bonds is 2. The van der Waals surface area contributed by atoms with E-state index in [1.54, 1.807) is 0 Å². The molecule has 0 aliphatic heterocycles. The summed E-state index contributed by atoms with van der Waals surface area (Å²) in [5, 5.41) is 0. The van der Waals surface area contributed by atoms with Crippen molar-refractivity contribution in [2.75, 3.05) is 0 Å². The minimum Gasteiger partial charge on any atom is -1.00 e. The van der Waals surface area contributed by atoms with Gasteiger partial charge in [-0.15, -0.1) is 12.1 Å². The Morgan fingerprint density at radius 1 is 0.652 bits per heavy atom. The Balaban J connectivity index is -0.000000351. The third-order valence-electron chi connectivity index (χ3n) is 2.26. The molecule has 3 rings (SSSR count). The Labute approximate surface area is 166 Å². The Morgan fingerprint density at radius 2 is 1.17 bits per heavy atom. The van der Waals surface area contributed by atoms with Gasteiger partial charge in [-0.3, -0.25) is 0 Å². The molecule has 0 aromatic heterocycles. The van der Waals surface area contributed by atoms with Crippen LogP contribution in [0.4, 0.5) is 0 Å². The normalized spacial score (nSPS) is 7.48. The molecule has 0 radical (unpaired) electrons. The first-order chi connectivity index (χ1) is 9.45. The maximum absolute atomic E-state index is 5.52. The van der Waals surface area contributed by atoms with Gasteiger partial charge in [-0.1, -0.05) is 25.6 Å². The molecular weight excluding hydrogens is 363 g/mol. The second-order valence-corrected chi connectivity index (χ2v) is 3.72. The number of para-hydroxylation sites is 2. The molecule has 23 heavy (non-hydrogen) atoms. The van der Waals surface area contributed by atoms with E-state index < -0.39 is 0 Å². The largest absolute Gasteiger partial charge is 4.00 e. The predicted octanol–water partition coefficient (Wildman–Crippen LogP) is -0.593. The first-order valence-corrected chi connectivity index (χ1v) is 6.06. The van der Waals surface area contributed by atoms with E-state index >= 15 is 0 Å². The van der Waals surface area contributed by atoms with E-state index in [0.29, 0.717) is 0 Å². The van der Waals surface area contributed by atoms with Gasteiger partial charge in [-0.25, -0.2) is 0 Å². The molecule has 0 bridgehead atoms. The summed E-state index contributed by atoms with van der Waals surface area (Å²) in [6, 6.07) is 32.7. The molecule has 1 nitrogen and oxygen atoms in total. The third-order valence-corrected chi connectivity index (χ3v) is 2.26. The topological polar surface area (TPSA) is 9.23 Å². The molecule has 0 aliphatic rings. The first-order valence-electron chi connectivity index (χ1n) is 6.06. The van der Waals surface area contributed by atoms with Gasteiger partial charge in [-0.2, -0.15) is 54.6 Å². The van der Waals surface area contributed by atoms with Gasteiger partial charge in [0.25, 0.3) is 0 Å². The molecule has 0 heterocycles. The number of benzene rings is 3. The molecule has 118 valence electrons. The fourth-order valence-electron chi connectivity index (χ4n) is 1.40. The number of halogens is 2. The van der Waals surface area contributed by atoms with Gasteiger partial charge in [0.05, 0.1) is 0 Å². The fraction of sp³-hybridized carbons (Fsp3) is 0.0526. The fourth-order valence-corrected chi connectivity index (χ4v) is 1.40. The van der Waals surface area contributed by atoms with Crippen molar-refractivity contribution in [1.29, 1.82) is 0 Å². The monoisotopic (exact) mass is 380 g/mol. The van der Waals surface area contributed by atoms with E-state index in [9.17, 15) is 0 Å². The average Bonchev–Trinajstić information content (AvgIpc) is 2.52. The van der Waals surface area contributed by atoms with Crippen LogP contribution in [0.25, 0.3) is 0 Å². The SMILES string of the molecule is C.[Cl-].[Cl-].[Ti+4].[c-]1ccccc1.[c-]1ccccc1Oc1ccccc1. The summed E-state index contributed by atoms with van der Waals surface area (Å²) in [6.07, 6.45) is 0. The van der Waals surface area contributed by atoms with Crippen molar-refractivity contribution in [2.24, 2.45) is 0 Å². The zero-order chi connectivity index (χ0) is 13.2. The molecule has 0 saturated heterocycles. The number of hydrogen-bond acceptors (Lipinski definition) is 1. The van der Waals surface area contributed by atoms with E-state index in [0.717, 1.165) is 11.5 Å². The van der Waals surface area contributed by atoms with Crippen LogP contribution >= 0.6 is 0 Å². The Bertz CT molecular complexity index is 498. The van der Waals surface area contributed by atoms with Crippen molar-refractivity contribution in [3.8, 4) is 11.5 Å². The van der Waals surface area contributed by atoms with E-state index in [1.165, 1.54) is 0 Å². The number of ether oxygens (including phenoxy) is 1. The van der Waals surface area contributed by atoms with Crippen LogP contribution in [0.15, 0.2) is 84.9 Å².